The Bertz CT molecular complexity index is 1010. The summed E-state index contributed by atoms with van der Waals surface area (Å²) < 4.78 is 10.2. The Morgan fingerprint density at radius 3 is 2.28 bits per heavy atom. The third kappa shape index (κ3) is 3.98. The van der Waals surface area contributed by atoms with E-state index >= 15 is 0 Å². The van der Waals surface area contributed by atoms with Crippen molar-refractivity contribution in [1.82, 2.24) is 9.80 Å². The highest BCUT2D eigenvalue weighted by Crippen LogP contribution is 2.51. The normalized spacial score (nSPS) is 20.7. The standard InChI is InChI=1S/C24H25ClN2O5/c1-31-22(29)20(17-6-4-3-5-7-17)26-15-19(28)27(14-16-8-10-18(25)11-9-16)24(12-13-24)21(26)23(30)32-2/h3-11,20-21H,12-15H2,1-2H3/t20-,21?/m0/s1. The van der Waals surface area contributed by atoms with Crippen molar-refractivity contribution >= 4 is 29.4 Å². The van der Waals surface area contributed by atoms with Crippen molar-refractivity contribution in [2.75, 3.05) is 20.8 Å². The number of nitrogens with zero attached hydrogens (tertiary/aromatic N) is 2. The van der Waals surface area contributed by atoms with E-state index in [-0.39, 0.29) is 12.5 Å². The van der Waals surface area contributed by atoms with Crippen LogP contribution in [0.3, 0.4) is 0 Å². The lowest BCUT2D eigenvalue weighted by atomic mass is 9.93. The van der Waals surface area contributed by atoms with Crippen LogP contribution < -0.4 is 0 Å². The van der Waals surface area contributed by atoms with Crippen LogP contribution in [0.15, 0.2) is 54.6 Å². The first kappa shape index (κ1) is 22.3. The summed E-state index contributed by atoms with van der Waals surface area (Å²) in [6.45, 7) is 0.245. The molecule has 32 heavy (non-hydrogen) atoms. The fraction of sp³-hybridized carbons (Fsp3) is 0.375. The highest BCUT2D eigenvalue weighted by molar-refractivity contribution is 6.30. The number of rotatable bonds is 6. The number of carbonyl (C=O) groups excluding carboxylic acids is 3. The van der Waals surface area contributed by atoms with Gasteiger partial charge in [-0.15, -0.1) is 0 Å². The number of methoxy groups -OCH3 is 2. The summed E-state index contributed by atoms with van der Waals surface area (Å²) in [5.74, 6) is -1.15. The monoisotopic (exact) mass is 456 g/mol. The zero-order valence-corrected chi connectivity index (χ0v) is 18.7. The van der Waals surface area contributed by atoms with Gasteiger partial charge in [0, 0.05) is 11.6 Å². The largest absolute Gasteiger partial charge is 0.468 e. The van der Waals surface area contributed by atoms with E-state index in [1.54, 1.807) is 34.1 Å². The van der Waals surface area contributed by atoms with Gasteiger partial charge in [0.2, 0.25) is 5.91 Å². The number of piperazine rings is 1. The SMILES string of the molecule is COC(=O)C1N([C@H](C(=O)OC)c2ccccc2)CC(=O)N(Cc2ccc(Cl)cc2)C12CC2. The third-order valence-corrected chi connectivity index (χ3v) is 6.56. The number of amides is 1. The zero-order chi connectivity index (χ0) is 22.9. The Hall–Kier alpha value is -2.90. The van der Waals surface area contributed by atoms with Crippen molar-refractivity contribution < 1.29 is 23.9 Å². The molecular formula is C24H25ClN2O5. The fourth-order valence-corrected chi connectivity index (χ4v) is 4.77. The van der Waals surface area contributed by atoms with E-state index in [4.69, 9.17) is 21.1 Å². The second-order valence-electron chi connectivity index (χ2n) is 8.14. The van der Waals surface area contributed by atoms with Crippen LogP contribution in [0.5, 0.6) is 0 Å². The van der Waals surface area contributed by atoms with Crippen LogP contribution in [0.2, 0.25) is 5.02 Å². The van der Waals surface area contributed by atoms with E-state index in [1.165, 1.54) is 14.2 Å². The predicted octanol–water partition coefficient (Wildman–Crippen LogP) is 2.97. The van der Waals surface area contributed by atoms with Gasteiger partial charge in [-0.1, -0.05) is 54.1 Å². The van der Waals surface area contributed by atoms with Gasteiger partial charge in [0.05, 0.1) is 26.3 Å². The van der Waals surface area contributed by atoms with E-state index in [1.807, 2.05) is 30.3 Å². The molecule has 2 atom stereocenters. The Labute approximate surface area is 191 Å². The molecule has 2 aromatic rings. The Kier molecular flexibility index (Phi) is 6.22. The van der Waals surface area contributed by atoms with Crippen LogP contribution in [0.4, 0.5) is 0 Å². The minimum Gasteiger partial charge on any atom is -0.468 e. The van der Waals surface area contributed by atoms with Gasteiger partial charge >= 0.3 is 11.9 Å². The van der Waals surface area contributed by atoms with Crippen molar-refractivity contribution in [3.8, 4) is 0 Å². The maximum absolute atomic E-state index is 13.4. The molecule has 2 fully saturated rings. The lowest BCUT2D eigenvalue weighted by Crippen LogP contribution is -2.67. The molecule has 7 nitrogen and oxygen atoms in total. The molecule has 0 aromatic heterocycles. The van der Waals surface area contributed by atoms with E-state index in [9.17, 15) is 14.4 Å². The minimum atomic E-state index is -0.899. The maximum Gasteiger partial charge on any atom is 0.327 e. The first-order valence-electron chi connectivity index (χ1n) is 10.4. The number of hydrogen-bond acceptors (Lipinski definition) is 6. The summed E-state index contributed by atoms with van der Waals surface area (Å²) in [6.07, 6.45) is 1.29. The van der Waals surface area contributed by atoms with E-state index < -0.39 is 29.6 Å². The molecule has 2 aliphatic rings. The first-order valence-corrected chi connectivity index (χ1v) is 10.8. The Balaban J connectivity index is 1.73. The molecule has 168 valence electrons. The average molecular weight is 457 g/mol. The highest BCUT2D eigenvalue weighted by Gasteiger charge is 2.65. The summed E-state index contributed by atoms with van der Waals surface area (Å²) in [5.41, 5.74) is 0.838. The Morgan fingerprint density at radius 1 is 1.06 bits per heavy atom. The predicted molar refractivity (Wildman–Crippen MR) is 118 cm³/mol. The third-order valence-electron chi connectivity index (χ3n) is 6.31. The highest BCUT2D eigenvalue weighted by atomic mass is 35.5. The molecule has 1 saturated heterocycles. The summed E-state index contributed by atoms with van der Waals surface area (Å²) in [5, 5.41) is 0.613. The van der Waals surface area contributed by atoms with E-state index in [0.717, 1.165) is 5.56 Å². The first-order chi connectivity index (χ1) is 15.4. The molecule has 1 aliphatic carbocycles. The molecule has 1 heterocycles. The molecular weight excluding hydrogens is 432 g/mol. The average Bonchev–Trinajstić information content (AvgIpc) is 3.59. The van der Waals surface area contributed by atoms with Crippen LogP contribution in [-0.4, -0.2) is 60.0 Å². The fourth-order valence-electron chi connectivity index (χ4n) is 4.64. The molecule has 1 spiro atoms. The lowest BCUT2D eigenvalue weighted by Gasteiger charge is -2.48. The van der Waals surface area contributed by atoms with Crippen LogP contribution in [0.1, 0.15) is 30.0 Å². The lowest BCUT2D eigenvalue weighted by molar-refractivity contribution is -0.169. The summed E-state index contributed by atoms with van der Waals surface area (Å²) in [4.78, 5) is 42.7. The topological polar surface area (TPSA) is 76.1 Å². The van der Waals surface area contributed by atoms with Gasteiger partial charge in [-0.2, -0.15) is 0 Å². The molecule has 0 radical (unpaired) electrons. The molecule has 2 aromatic carbocycles. The van der Waals surface area contributed by atoms with Gasteiger partial charge in [0.25, 0.3) is 0 Å². The van der Waals surface area contributed by atoms with E-state index in [0.29, 0.717) is 30.0 Å². The Morgan fingerprint density at radius 2 is 1.72 bits per heavy atom. The van der Waals surface area contributed by atoms with Gasteiger partial charge in [0.15, 0.2) is 0 Å². The molecule has 1 amide bonds. The van der Waals surface area contributed by atoms with Crippen molar-refractivity contribution in [2.24, 2.45) is 0 Å². The van der Waals surface area contributed by atoms with Gasteiger partial charge in [-0.25, -0.2) is 4.79 Å². The van der Waals surface area contributed by atoms with E-state index in [2.05, 4.69) is 0 Å². The molecule has 1 aliphatic heterocycles. The molecule has 1 unspecified atom stereocenters. The number of carbonyl (C=O) groups is 3. The van der Waals surface area contributed by atoms with Crippen molar-refractivity contribution in [2.45, 2.75) is 37.0 Å². The number of esters is 2. The second kappa shape index (κ2) is 8.92. The molecule has 0 N–H and O–H groups in total. The van der Waals surface area contributed by atoms with Gasteiger partial charge in [0.1, 0.15) is 12.1 Å². The quantitative estimate of drug-likeness (QED) is 0.622. The van der Waals surface area contributed by atoms with Gasteiger partial charge < -0.3 is 14.4 Å². The molecule has 1 saturated carbocycles. The van der Waals surface area contributed by atoms with Crippen LogP contribution in [0, 0.1) is 0 Å². The number of benzene rings is 2. The number of ether oxygens (including phenoxy) is 2. The smallest absolute Gasteiger partial charge is 0.327 e. The maximum atomic E-state index is 13.4. The van der Waals surface area contributed by atoms with Crippen molar-refractivity contribution in [3.63, 3.8) is 0 Å². The number of hydrogen-bond donors (Lipinski definition) is 0. The van der Waals surface area contributed by atoms with Crippen molar-refractivity contribution in [1.29, 1.82) is 0 Å². The molecule has 0 bridgehead atoms. The second-order valence-corrected chi connectivity index (χ2v) is 8.58. The van der Waals surface area contributed by atoms with Gasteiger partial charge in [-0.3, -0.25) is 14.5 Å². The molecule has 8 heteroatoms. The number of halogens is 1. The summed E-state index contributed by atoms with van der Waals surface area (Å²) in [6, 6.07) is 14.6. The zero-order valence-electron chi connectivity index (χ0n) is 18.0. The summed E-state index contributed by atoms with van der Waals surface area (Å²) >= 11 is 6.00. The summed E-state index contributed by atoms with van der Waals surface area (Å²) in [7, 11) is 2.63. The van der Waals surface area contributed by atoms with Gasteiger partial charge in [-0.05, 0) is 36.1 Å². The van der Waals surface area contributed by atoms with Crippen molar-refractivity contribution in [3.05, 3.63) is 70.7 Å². The van der Waals surface area contributed by atoms with Crippen LogP contribution in [-0.2, 0) is 30.4 Å². The minimum absolute atomic E-state index is 0.107. The molecule has 4 rings (SSSR count). The van der Waals surface area contributed by atoms with Crippen LogP contribution >= 0.6 is 11.6 Å². The van der Waals surface area contributed by atoms with Crippen LogP contribution in [0.25, 0.3) is 0 Å².